The van der Waals surface area contributed by atoms with E-state index in [9.17, 15) is 0 Å². The quantitative estimate of drug-likeness (QED) is 0.884. The Morgan fingerprint density at radius 2 is 2.29 bits per heavy atom. The average Bonchev–Trinajstić information content (AvgIpc) is 2.10. The molecule has 0 heterocycles. The van der Waals surface area contributed by atoms with Gasteiger partial charge in [0.1, 0.15) is 0 Å². The Hall–Kier alpha value is -0.310. The molecule has 0 aliphatic carbocycles. The molecule has 14 heavy (non-hydrogen) atoms. The summed E-state index contributed by atoms with van der Waals surface area (Å²) in [5.41, 5.74) is 2.50. The summed E-state index contributed by atoms with van der Waals surface area (Å²) in [5, 5.41) is 3.84. The first kappa shape index (κ1) is 11.8. The van der Waals surface area contributed by atoms with E-state index in [2.05, 4.69) is 52.9 Å². The number of rotatable bonds is 4. The zero-order valence-corrected chi connectivity index (χ0v) is 10.5. The molecule has 0 fully saturated rings. The first-order chi connectivity index (χ1) is 6.59. The molecule has 0 bridgehead atoms. The maximum absolute atomic E-state index is 5.64. The summed E-state index contributed by atoms with van der Waals surface area (Å²) < 4.78 is 1.14. The monoisotopic (exact) mass is 273 g/mol. The van der Waals surface area contributed by atoms with Crippen molar-refractivity contribution in [2.75, 3.05) is 6.54 Å². The van der Waals surface area contributed by atoms with E-state index in [1.165, 1.54) is 11.1 Å². The molecule has 0 atom stereocenters. The molecule has 1 nitrogen and oxygen atoms in total. The number of hydrogen-bond donors (Lipinski definition) is 1. The lowest BCUT2D eigenvalue weighted by atomic mass is 10.1. The summed E-state index contributed by atoms with van der Waals surface area (Å²) >= 11 is 9.10. The number of nitrogens with one attached hydrogen (secondary N) is 1. The summed E-state index contributed by atoms with van der Waals surface area (Å²) in [4.78, 5) is 0. The van der Waals surface area contributed by atoms with Crippen LogP contribution in [-0.2, 0) is 6.54 Å². The van der Waals surface area contributed by atoms with Gasteiger partial charge in [0.05, 0.1) is 0 Å². The van der Waals surface area contributed by atoms with E-state index >= 15 is 0 Å². The van der Waals surface area contributed by atoms with Crippen LogP contribution in [0.25, 0.3) is 0 Å². The lowest BCUT2D eigenvalue weighted by Crippen LogP contribution is -2.14. The van der Waals surface area contributed by atoms with E-state index in [0.717, 1.165) is 11.0 Å². The Morgan fingerprint density at radius 1 is 1.57 bits per heavy atom. The Morgan fingerprint density at radius 3 is 2.86 bits per heavy atom. The van der Waals surface area contributed by atoms with Gasteiger partial charge in [-0.05, 0) is 24.1 Å². The topological polar surface area (TPSA) is 12.0 Å². The lowest BCUT2D eigenvalue weighted by Gasteiger charge is -2.05. The molecule has 76 valence electrons. The zero-order chi connectivity index (χ0) is 10.6. The molecule has 1 rings (SSSR count). The van der Waals surface area contributed by atoms with Crippen LogP contribution < -0.4 is 5.32 Å². The second-order valence-electron chi connectivity index (χ2n) is 3.20. The van der Waals surface area contributed by atoms with E-state index in [4.69, 9.17) is 11.6 Å². The van der Waals surface area contributed by atoms with Crippen molar-refractivity contribution < 1.29 is 0 Å². The van der Waals surface area contributed by atoms with Crippen LogP contribution in [0.4, 0.5) is 0 Å². The van der Waals surface area contributed by atoms with Crippen LogP contribution >= 0.6 is 27.5 Å². The molecule has 0 radical (unpaired) electrons. The van der Waals surface area contributed by atoms with Crippen LogP contribution in [-0.4, -0.2) is 6.54 Å². The highest BCUT2D eigenvalue weighted by Crippen LogP contribution is 2.16. The van der Waals surface area contributed by atoms with Gasteiger partial charge in [0.25, 0.3) is 0 Å². The highest BCUT2D eigenvalue weighted by atomic mass is 79.9. The Labute approximate surface area is 98.3 Å². The fourth-order valence-corrected chi connectivity index (χ4v) is 1.50. The van der Waals surface area contributed by atoms with Crippen molar-refractivity contribution in [3.05, 3.63) is 45.4 Å². The van der Waals surface area contributed by atoms with Gasteiger partial charge >= 0.3 is 0 Å². The molecule has 0 aliphatic heterocycles. The van der Waals surface area contributed by atoms with E-state index in [-0.39, 0.29) is 0 Å². The Kier molecular flexibility index (Phi) is 4.66. The molecule has 0 unspecified atom stereocenters. The number of hydrogen-bond acceptors (Lipinski definition) is 1. The minimum absolute atomic E-state index is 0.638. The second-order valence-corrected chi connectivity index (χ2v) is 4.59. The average molecular weight is 275 g/mol. The standard InChI is InChI=1S/C11H13BrClN/c1-8-5-10(3-4-11(8)12)7-14-6-9(2)13/h3-5,14H,2,6-7H2,1H3. The van der Waals surface area contributed by atoms with Crippen LogP contribution in [0.5, 0.6) is 0 Å². The third-order valence-electron chi connectivity index (χ3n) is 1.87. The van der Waals surface area contributed by atoms with Crippen LogP contribution in [0.2, 0.25) is 0 Å². The van der Waals surface area contributed by atoms with Crippen molar-refractivity contribution in [1.29, 1.82) is 0 Å². The number of halogens is 2. The normalized spacial score (nSPS) is 10.2. The van der Waals surface area contributed by atoms with Gasteiger partial charge in [-0.15, -0.1) is 0 Å². The van der Waals surface area contributed by atoms with Gasteiger partial charge in [0.15, 0.2) is 0 Å². The largest absolute Gasteiger partial charge is 0.308 e. The summed E-state index contributed by atoms with van der Waals surface area (Å²) in [6.45, 7) is 7.16. The fourth-order valence-electron chi connectivity index (χ4n) is 1.16. The van der Waals surface area contributed by atoms with Crippen molar-refractivity contribution in [2.24, 2.45) is 0 Å². The van der Waals surface area contributed by atoms with Gasteiger partial charge in [-0.3, -0.25) is 0 Å². The summed E-state index contributed by atoms with van der Waals surface area (Å²) in [6.07, 6.45) is 0. The predicted octanol–water partition coefficient (Wildman–Crippen LogP) is 3.60. The van der Waals surface area contributed by atoms with E-state index < -0.39 is 0 Å². The van der Waals surface area contributed by atoms with Crippen LogP contribution in [0.1, 0.15) is 11.1 Å². The van der Waals surface area contributed by atoms with Crippen LogP contribution in [0, 0.1) is 6.92 Å². The smallest absolute Gasteiger partial charge is 0.0310 e. The van der Waals surface area contributed by atoms with Gasteiger partial charge in [-0.25, -0.2) is 0 Å². The molecule has 1 N–H and O–H groups in total. The van der Waals surface area contributed by atoms with Crippen LogP contribution in [0.15, 0.2) is 34.3 Å². The van der Waals surface area contributed by atoms with Gasteiger partial charge in [0.2, 0.25) is 0 Å². The molecule has 1 aromatic carbocycles. The maximum Gasteiger partial charge on any atom is 0.0310 e. The minimum Gasteiger partial charge on any atom is -0.308 e. The molecule has 3 heteroatoms. The highest BCUT2D eigenvalue weighted by molar-refractivity contribution is 9.10. The van der Waals surface area contributed by atoms with Crippen molar-refractivity contribution in [3.63, 3.8) is 0 Å². The zero-order valence-electron chi connectivity index (χ0n) is 8.11. The summed E-state index contributed by atoms with van der Waals surface area (Å²) in [7, 11) is 0. The number of benzene rings is 1. The third kappa shape index (κ3) is 3.82. The minimum atomic E-state index is 0.638. The summed E-state index contributed by atoms with van der Waals surface area (Å²) in [5.74, 6) is 0. The third-order valence-corrected chi connectivity index (χ3v) is 2.89. The van der Waals surface area contributed by atoms with Gasteiger partial charge in [-0.1, -0.05) is 46.2 Å². The highest BCUT2D eigenvalue weighted by Gasteiger charge is 1.97. The first-order valence-corrected chi connectivity index (χ1v) is 5.55. The van der Waals surface area contributed by atoms with E-state index in [0.29, 0.717) is 11.6 Å². The fraction of sp³-hybridized carbons (Fsp3) is 0.273. The molecule has 0 aliphatic rings. The maximum atomic E-state index is 5.64. The predicted molar refractivity (Wildman–Crippen MR) is 65.6 cm³/mol. The van der Waals surface area contributed by atoms with Gasteiger partial charge in [0, 0.05) is 22.6 Å². The molecular weight excluding hydrogens is 261 g/mol. The molecule has 0 spiro atoms. The summed E-state index contributed by atoms with van der Waals surface area (Å²) in [6, 6.07) is 6.29. The molecule has 0 saturated heterocycles. The van der Waals surface area contributed by atoms with Crippen molar-refractivity contribution in [3.8, 4) is 0 Å². The van der Waals surface area contributed by atoms with Crippen molar-refractivity contribution in [1.82, 2.24) is 5.32 Å². The SMILES string of the molecule is C=C(Cl)CNCc1ccc(Br)c(C)c1. The van der Waals surface area contributed by atoms with Gasteiger partial charge < -0.3 is 5.32 Å². The number of aryl methyl sites for hydroxylation is 1. The van der Waals surface area contributed by atoms with E-state index in [1.54, 1.807) is 0 Å². The van der Waals surface area contributed by atoms with Crippen molar-refractivity contribution in [2.45, 2.75) is 13.5 Å². The Bertz CT molecular complexity index is 336. The van der Waals surface area contributed by atoms with Gasteiger partial charge in [-0.2, -0.15) is 0 Å². The molecule has 0 amide bonds. The first-order valence-electron chi connectivity index (χ1n) is 4.38. The molecule has 0 saturated carbocycles. The molecule has 1 aromatic rings. The molecule has 0 aromatic heterocycles. The van der Waals surface area contributed by atoms with Crippen molar-refractivity contribution >= 4 is 27.5 Å². The van der Waals surface area contributed by atoms with Crippen LogP contribution in [0.3, 0.4) is 0 Å². The Balaban J connectivity index is 2.51. The second kappa shape index (κ2) is 5.54. The van der Waals surface area contributed by atoms with E-state index in [1.807, 2.05) is 0 Å². The molecular formula is C11H13BrClN. The lowest BCUT2D eigenvalue weighted by molar-refractivity contribution is 0.754.